The first kappa shape index (κ1) is 15.5. The quantitative estimate of drug-likeness (QED) is 0.828. The number of carbonyl (C=O) groups is 1. The van der Waals surface area contributed by atoms with Crippen molar-refractivity contribution < 1.29 is 4.79 Å². The van der Waals surface area contributed by atoms with E-state index in [1.54, 1.807) is 11.3 Å². The molecule has 2 heterocycles. The molecule has 1 aliphatic rings. The molecule has 5 heteroatoms. The van der Waals surface area contributed by atoms with Crippen LogP contribution in [0.4, 0.5) is 0 Å². The van der Waals surface area contributed by atoms with Gasteiger partial charge < -0.3 is 14.7 Å². The van der Waals surface area contributed by atoms with Gasteiger partial charge in [0.05, 0.1) is 4.88 Å². The minimum Gasteiger partial charge on any atom is -0.341 e. The standard InChI is InChI=1S/C15H25N3OS/c1-13-5-12-20-14(13)15(19)17(3)6-4-7-18-10-8-16(2)9-11-18/h5,12H,4,6-11H2,1-3H3. The third kappa shape index (κ3) is 4.04. The van der Waals surface area contributed by atoms with Crippen LogP contribution in [0.25, 0.3) is 0 Å². The Hall–Kier alpha value is -0.910. The van der Waals surface area contributed by atoms with Crippen molar-refractivity contribution in [3.05, 3.63) is 21.9 Å². The van der Waals surface area contributed by atoms with Crippen LogP contribution in [0.3, 0.4) is 0 Å². The van der Waals surface area contributed by atoms with Crippen LogP contribution in [0.5, 0.6) is 0 Å². The van der Waals surface area contributed by atoms with Crippen LogP contribution in [0.2, 0.25) is 0 Å². The molecule has 0 bridgehead atoms. The van der Waals surface area contributed by atoms with E-state index in [0.29, 0.717) is 0 Å². The van der Waals surface area contributed by atoms with Crippen LogP contribution < -0.4 is 0 Å². The van der Waals surface area contributed by atoms with Crippen LogP contribution in [0.1, 0.15) is 21.7 Å². The van der Waals surface area contributed by atoms with E-state index >= 15 is 0 Å². The zero-order valence-corrected chi connectivity index (χ0v) is 13.6. The van der Waals surface area contributed by atoms with Crippen LogP contribution >= 0.6 is 11.3 Å². The molecular weight excluding hydrogens is 270 g/mol. The summed E-state index contributed by atoms with van der Waals surface area (Å²) in [7, 11) is 4.08. The highest BCUT2D eigenvalue weighted by Crippen LogP contribution is 2.17. The molecule has 1 fully saturated rings. The minimum atomic E-state index is 0.163. The molecule has 1 aromatic rings. The molecule has 0 saturated carbocycles. The van der Waals surface area contributed by atoms with E-state index in [1.807, 2.05) is 30.3 Å². The Morgan fingerprint density at radius 1 is 1.35 bits per heavy atom. The van der Waals surface area contributed by atoms with Gasteiger partial charge in [-0.25, -0.2) is 0 Å². The molecule has 1 aliphatic heterocycles. The fraction of sp³-hybridized carbons (Fsp3) is 0.667. The fourth-order valence-electron chi connectivity index (χ4n) is 2.47. The van der Waals surface area contributed by atoms with Crippen molar-refractivity contribution >= 4 is 17.2 Å². The second-order valence-corrected chi connectivity index (χ2v) is 6.57. The molecule has 112 valence electrons. The van der Waals surface area contributed by atoms with Crippen LogP contribution in [-0.4, -0.2) is 74.0 Å². The third-order valence-corrected chi connectivity index (χ3v) is 4.97. The molecule has 1 saturated heterocycles. The van der Waals surface area contributed by atoms with E-state index < -0.39 is 0 Å². The molecule has 2 rings (SSSR count). The number of aryl methyl sites for hydroxylation is 1. The van der Waals surface area contributed by atoms with Gasteiger partial charge in [-0.1, -0.05) is 0 Å². The Balaban J connectivity index is 1.71. The summed E-state index contributed by atoms with van der Waals surface area (Å²) in [5.41, 5.74) is 1.09. The van der Waals surface area contributed by atoms with Gasteiger partial charge in [-0.05, 0) is 43.9 Å². The molecular formula is C15H25N3OS. The predicted molar refractivity (Wildman–Crippen MR) is 84.6 cm³/mol. The van der Waals surface area contributed by atoms with Gasteiger partial charge in [0, 0.05) is 39.8 Å². The molecule has 20 heavy (non-hydrogen) atoms. The second-order valence-electron chi connectivity index (χ2n) is 5.66. The average molecular weight is 295 g/mol. The molecule has 0 N–H and O–H groups in total. The Morgan fingerprint density at radius 3 is 2.65 bits per heavy atom. The van der Waals surface area contributed by atoms with Crippen LogP contribution in [-0.2, 0) is 0 Å². The van der Waals surface area contributed by atoms with Crippen LogP contribution in [0, 0.1) is 6.92 Å². The molecule has 1 aromatic heterocycles. The van der Waals surface area contributed by atoms with Gasteiger partial charge >= 0.3 is 0 Å². The molecule has 0 aromatic carbocycles. The number of nitrogens with zero attached hydrogens (tertiary/aromatic N) is 3. The Kier molecular flexibility index (Phi) is 5.57. The number of carbonyl (C=O) groups excluding carboxylic acids is 1. The van der Waals surface area contributed by atoms with E-state index in [1.165, 1.54) is 0 Å². The van der Waals surface area contributed by atoms with Crippen molar-refractivity contribution in [3.8, 4) is 0 Å². The molecule has 0 spiro atoms. The Bertz CT molecular complexity index is 438. The zero-order chi connectivity index (χ0) is 14.5. The lowest BCUT2D eigenvalue weighted by Gasteiger charge is -2.32. The molecule has 4 nitrogen and oxygen atoms in total. The highest BCUT2D eigenvalue weighted by Gasteiger charge is 2.16. The fourth-order valence-corrected chi connectivity index (χ4v) is 3.39. The maximum atomic E-state index is 12.3. The summed E-state index contributed by atoms with van der Waals surface area (Å²) >= 11 is 1.54. The smallest absolute Gasteiger partial charge is 0.263 e. The molecule has 0 radical (unpaired) electrons. The number of hydrogen-bond donors (Lipinski definition) is 0. The summed E-state index contributed by atoms with van der Waals surface area (Å²) in [6, 6.07) is 2.01. The van der Waals surface area contributed by atoms with E-state index in [4.69, 9.17) is 0 Å². The Labute approximate surface area is 126 Å². The van der Waals surface area contributed by atoms with E-state index in [2.05, 4.69) is 16.8 Å². The van der Waals surface area contributed by atoms with Crippen molar-refractivity contribution in [2.75, 3.05) is 53.4 Å². The number of rotatable bonds is 5. The normalized spacial score (nSPS) is 17.4. The molecule has 0 aliphatic carbocycles. The van der Waals surface area contributed by atoms with Gasteiger partial charge in [0.25, 0.3) is 5.91 Å². The van der Waals surface area contributed by atoms with Crippen molar-refractivity contribution in [2.45, 2.75) is 13.3 Å². The first-order valence-corrected chi connectivity index (χ1v) is 8.16. The largest absolute Gasteiger partial charge is 0.341 e. The lowest BCUT2D eigenvalue weighted by molar-refractivity contribution is 0.0787. The summed E-state index contributed by atoms with van der Waals surface area (Å²) in [4.78, 5) is 19.9. The Morgan fingerprint density at radius 2 is 2.05 bits per heavy atom. The van der Waals surface area contributed by atoms with Gasteiger partial charge in [-0.15, -0.1) is 11.3 Å². The van der Waals surface area contributed by atoms with Gasteiger partial charge in [0.15, 0.2) is 0 Å². The van der Waals surface area contributed by atoms with Crippen molar-refractivity contribution in [1.82, 2.24) is 14.7 Å². The molecule has 0 atom stereocenters. The summed E-state index contributed by atoms with van der Waals surface area (Å²) in [5.74, 6) is 0.163. The first-order chi connectivity index (χ1) is 9.58. The van der Waals surface area contributed by atoms with E-state index in [9.17, 15) is 4.79 Å². The maximum Gasteiger partial charge on any atom is 0.263 e. The summed E-state index contributed by atoms with van der Waals surface area (Å²) in [6.07, 6.45) is 1.05. The lowest BCUT2D eigenvalue weighted by atomic mass is 10.2. The van der Waals surface area contributed by atoms with Gasteiger partial charge in [-0.2, -0.15) is 0 Å². The predicted octanol–water partition coefficient (Wildman–Crippen LogP) is 1.77. The van der Waals surface area contributed by atoms with Crippen LogP contribution in [0.15, 0.2) is 11.4 Å². The minimum absolute atomic E-state index is 0.163. The van der Waals surface area contributed by atoms with Crippen molar-refractivity contribution in [2.24, 2.45) is 0 Å². The zero-order valence-electron chi connectivity index (χ0n) is 12.8. The topological polar surface area (TPSA) is 26.8 Å². The summed E-state index contributed by atoms with van der Waals surface area (Å²) < 4.78 is 0. The molecule has 0 unspecified atom stereocenters. The lowest BCUT2D eigenvalue weighted by Crippen LogP contribution is -2.45. The summed E-state index contributed by atoms with van der Waals surface area (Å²) in [6.45, 7) is 8.54. The number of likely N-dealkylation sites (N-methyl/N-ethyl adjacent to an activating group) is 1. The van der Waals surface area contributed by atoms with Gasteiger partial charge in [-0.3, -0.25) is 4.79 Å². The summed E-state index contributed by atoms with van der Waals surface area (Å²) in [5, 5.41) is 1.99. The second kappa shape index (κ2) is 7.20. The van der Waals surface area contributed by atoms with Crippen molar-refractivity contribution in [3.63, 3.8) is 0 Å². The highest BCUT2D eigenvalue weighted by atomic mass is 32.1. The van der Waals surface area contributed by atoms with E-state index in [0.717, 1.165) is 56.1 Å². The number of piperazine rings is 1. The average Bonchev–Trinajstić information content (AvgIpc) is 2.86. The van der Waals surface area contributed by atoms with Gasteiger partial charge in [0.1, 0.15) is 0 Å². The number of amides is 1. The third-order valence-electron chi connectivity index (χ3n) is 3.97. The maximum absolute atomic E-state index is 12.3. The first-order valence-electron chi connectivity index (χ1n) is 7.28. The van der Waals surface area contributed by atoms with Gasteiger partial charge in [0.2, 0.25) is 0 Å². The van der Waals surface area contributed by atoms with E-state index in [-0.39, 0.29) is 5.91 Å². The monoisotopic (exact) mass is 295 g/mol. The number of thiophene rings is 1. The highest BCUT2D eigenvalue weighted by molar-refractivity contribution is 7.12. The van der Waals surface area contributed by atoms with Crippen molar-refractivity contribution in [1.29, 1.82) is 0 Å². The SMILES string of the molecule is Cc1ccsc1C(=O)N(C)CCCN1CCN(C)CC1. The molecule has 1 amide bonds. The number of hydrogen-bond acceptors (Lipinski definition) is 4.